The zero-order valence-corrected chi connectivity index (χ0v) is 17.2. The monoisotopic (exact) mass is 362 g/mol. The third-order valence-electron chi connectivity index (χ3n) is 7.13. The fraction of sp³-hybridized carbons (Fsp3) is 0.727. The van der Waals surface area contributed by atoms with E-state index in [1.54, 1.807) is 14.2 Å². The summed E-state index contributed by atoms with van der Waals surface area (Å²) in [4.78, 5) is 0. The second kappa shape index (κ2) is 7.05. The van der Waals surface area contributed by atoms with Crippen molar-refractivity contribution in [2.75, 3.05) is 27.4 Å². The smallest absolute Gasteiger partial charge is 0.171 e. The van der Waals surface area contributed by atoms with Gasteiger partial charge < -0.3 is 18.9 Å². The Labute approximate surface area is 158 Å². The van der Waals surface area contributed by atoms with Crippen LogP contribution >= 0.6 is 0 Å². The van der Waals surface area contributed by atoms with Crippen LogP contribution in [0.1, 0.15) is 52.5 Å². The largest absolute Gasteiger partial charge is 0.497 e. The summed E-state index contributed by atoms with van der Waals surface area (Å²) in [5.74, 6) is 1.96. The van der Waals surface area contributed by atoms with Gasteiger partial charge in [-0.05, 0) is 67.7 Å². The highest BCUT2D eigenvalue weighted by atomic mass is 16.7. The minimum absolute atomic E-state index is 0.0108. The lowest BCUT2D eigenvalue weighted by atomic mass is 9.55. The van der Waals surface area contributed by atoms with Gasteiger partial charge in [-0.15, -0.1) is 0 Å². The Bertz CT molecular complexity index is 637. The number of rotatable bonds is 5. The van der Waals surface area contributed by atoms with E-state index in [9.17, 15) is 0 Å². The molecule has 0 bridgehead atoms. The van der Waals surface area contributed by atoms with Gasteiger partial charge in [0.15, 0.2) is 5.79 Å². The van der Waals surface area contributed by atoms with Gasteiger partial charge in [-0.1, -0.05) is 20.8 Å². The van der Waals surface area contributed by atoms with Gasteiger partial charge in [-0.3, -0.25) is 0 Å². The van der Waals surface area contributed by atoms with Crippen molar-refractivity contribution in [3.05, 3.63) is 23.8 Å². The van der Waals surface area contributed by atoms with Crippen molar-refractivity contribution in [1.29, 1.82) is 0 Å². The van der Waals surface area contributed by atoms with Crippen LogP contribution < -0.4 is 9.47 Å². The van der Waals surface area contributed by atoms with Crippen LogP contribution in [0, 0.1) is 16.7 Å². The molecule has 2 aliphatic rings. The first-order valence-corrected chi connectivity index (χ1v) is 9.74. The molecule has 0 radical (unpaired) electrons. The van der Waals surface area contributed by atoms with Crippen molar-refractivity contribution in [3.8, 4) is 11.5 Å². The Kier molecular flexibility index (Phi) is 5.28. The van der Waals surface area contributed by atoms with Gasteiger partial charge in [0, 0.05) is 5.41 Å². The summed E-state index contributed by atoms with van der Waals surface area (Å²) in [6.07, 6.45) is 4.34. The number of hydrogen-bond acceptors (Lipinski definition) is 4. The molecule has 1 saturated carbocycles. The van der Waals surface area contributed by atoms with E-state index in [1.807, 2.05) is 12.1 Å². The van der Waals surface area contributed by atoms with Gasteiger partial charge in [0.25, 0.3) is 0 Å². The van der Waals surface area contributed by atoms with E-state index in [0.29, 0.717) is 19.1 Å². The molecule has 0 aromatic heterocycles. The van der Waals surface area contributed by atoms with E-state index in [4.69, 9.17) is 18.9 Å². The molecule has 146 valence electrons. The van der Waals surface area contributed by atoms with E-state index in [1.165, 1.54) is 12.0 Å². The van der Waals surface area contributed by atoms with E-state index >= 15 is 0 Å². The summed E-state index contributed by atoms with van der Waals surface area (Å²) in [6.45, 7) is 10.6. The van der Waals surface area contributed by atoms with Crippen molar-refractivity contribution in [1.82, 2.24) is 0 Å². The molecule has 4 heteroatoms. The molecule has 0 amide bonds. The lowest BCUT2D eigenvalue weighted by Gasteiger charge is -2.53. The molecular formula is C22H34O4. The predicted molar refractivity (Wildman–Crippen MR) is 103 cm³/mol. The van der Waals surface area contributed by atoms with Crippen molar-refractivity contribution in [2.24, 2.45) is 16.7 Å². The quantitative estimate of drug-likeness (QED) is 0.751. The molecule has 26 heavy (non-hydrogen) atoms. The summed E-state index contributed by atoms with van der Waals surface area (Å²) in [5, 5.41) is 0. The highest BCUT2D eigenvalue weighted by molar-refractivity contribution is 5.41. The molecule has 1 heterocycles. The van der Waals surface area contributed by atoms with Gasteiger partial charge in [-0.2, -0.15) is 0 Å². The number of methoxy groups -OCH3 is 2. The van der Waals surface area contributed by atoms with Crippen LogP contribution in [0.25, 0.3) is 0 Å². The average Bonchev–Trinajstić information content (AvgIpc) is 3.07. The SMILES string of the molecule is COc1ccc(OC)c(C[C@@]2(C)C[C@@](C)(C3(C)OCCO3)CC[C@@H]2C)c1. The maximum atomic E-state index is 6.08. The van der Waals surface area contributed by atoms with E-state index < -0.39 is 5.79 Å². The summed E-state index contributed by atoms with van der Waals surface area (Å²) < 4.78 is 23.2. The average molecular weight is 363 g/mol. The molecule has 4 nitrogen and oxygen atoms in total. The standard InChI is InChI=1S/C22H34O4/c1-16-9-10-21(3,22(4)25-11-12-26-22)15-20(16,2)14-17-13-18(23-5)7-8-19(17)24-6/h7-8,13,16H,9-12,14-15H2,1-6H3/t16-,20-,21-/m0/s1. The molecule has 1 aromatic carbocycles. The van der Waals surface area contributed by atoms with Gasteiger partial charge in [0.1, 0.15) is 11.5 Å². The molecule has 3 rings (SSSR count). The second-order valence-corrected chi connectivity index (χ2v) is 8.83. The van der Waals surface area contributed by atoms with Crippen LogP contribution in [0.4, 0.5) is 0 Å². The van der Waals surface area contributed by atoms with Crippen LogP contribution in [0.5, 0.6) is 11.5 Å². The Morgan fingerprint density at radius 3 is 2.38 bits per heavy atom. The minimum atomic E-state index is -0.479. The molecular weight excluding hydrogens is 328 g/mol. The van der Waals surface area contributed by atoms with Crippen molar-refractivity contribution in [3.63, 3.8) is 0 Å². The second-order valence-electron chi connectivity index (χ2n) is 8.83. The topological polar surface area (TPSA) is 36.9 Å². The Hall–Kier alpha value is -1.26. The molecule has 1 aromatic rings. The summed E-state index contributed by atoms with van der Waals surface area (Å²) in [6, 6.07) is 6.09. The highest BCUT2D eigenvalue weighted by Gasteiger charge is 2.55. The summed E-state index contributed by atoms with van der Waals surface area (Å²) in [7, 11) is 3.45. The van der Waals surface area contributed by atoms with Crippen LogP contribution in [-0.4, -0.2) is 33.2 Å². The molecule has 3 atom stereocenters. The van der Waals surface area contributed by atoms with E-state index in [0.717, 1.165) is 30.8 Å². The maximum Gasteiger partial charge on any atom is 0.171 e. The molecule has 0 unspecified atom stereocenters. The fourth-order valence-corrected chi connectivity index (χ4v) is 4.98. The van der Waals surface area contributed by atoms with Gasteiger partial charge in [-0.25, -0.2) is 0 Å². The summed E-state index contributed by atoms with van der Waals surface area (Å²) >= 11 is 0. The van der Waals surface area contributed by atoms with Crippen LogP contribution in [-0.2, 0) is 15.9 Å². The van der Waals surface area contributed by atoms with Gasteiger partial charge >= 0.3 is 0 Å². The first-order valence-electron chi connectivity index (χ1n) is 9.74. The van der Waals surface area contributed by atoms with Crippen LogP contribution in [0.3, 0.4) is 0 Å². The first-order chi connectivity index (χ1) is 12.3. The lowest BCUT2D eigenvalue weighted by Crippen LogP contribution is -2.52. The third kappa shape index (κ3) is 3.34. The first kappa shape index (κ1) is 19.5. The Morgan fingerprint density at radius 2 is 1.77 bits per heavy atom. The fourth-order valence-electron chi connectivity index (χ4n) is 4.98. The molecule has 0 N–H and O–H groups in total. The lowest BCUT2D eigenvalue weighted by molar-refractivity contribution is -0.243. The van der Waals surface area contributed by atoms with Crippen LogP contribution in [0.15, 0.2) is 18.2 Å². The minimum Gasteiger partial charge on any atom is -0.497 e. The maximum absolute atomic E-state index is 6.08. The molecule has 1 saturated heterocycles. The van der Waals surface area contributed by atoms with E-state index in [-0.39, 0.29) is 10.8 Å². The number of hydrogen-bond donors (Lipinski definition) is 0. The van der Waals surface area contributed by atoms with E-state index in [2.05, 4.69) is 33.8 Å². The van der Waals surface area contributed by atoms with Gasteiger partial charge in [0.05, 0.1) is 27.4 Å². The Morgan fingerprint density at radius 1 is 1.08 bits per heavy atom. The molecule has 2 fully saturated rings. The van der Waals surface area contributed by atoms with Crippen molar-refractivity contribution in [2.45, 2.75) is 59.2 Å². The summed E-state index contributed by atoms with van der Waals surface area (Å²) in [5.41, 5.74) is 1.37. The molecule has 0 spiro atoms. The van der Waals surface area contributed by atoms with Crippen molar-refractivity contribution >= 4 is 0 Å². The zero-order chi connectivity index (χ0) is 19.0. The zero-order valence-electron chi connectivity index (χ0n) is 17.2. The number of benzene rings is 1. The Balaban J connectivity index is 1.90. The molecule has 1 aliphatic heterocycles. The van der Waals surface area contributed by atoms with Crippen LogP contribution in [0.2, 0.25) is 0 Å². The predicted octanol–water partition coefficient (Wildman–Crippen LogP) is 4.84. The molecule has 1 aliphatic carbocycles. The third-order valence-corrected chi connectivity index (χ3v) is 7.13. The van der Waals surface area contributed by atoms with Gasteiger partial charge in [0.2, 0.25) is 0 Å². The van der Waals surface area contributed by atoms with Crippen molar-refractivity contribution < 1.29 is 18.9 Å². The number of ether oxygens (including phenoxy) is 4. The highest BCUT2D eigenvalue weighted by Crippen LogP contribution is 2.57. The normalized spacial score (nSPS) is 33.8.